The van der Waals surface area contributed by atoms with E-state index in [1.54, 1.807) is 19.1 Å². The molecule has 1 aromatic heterocycles. The topological polar surface area (TPSA) is 33.4 Å². The summed E-state index contributed by atoms with van der Waals surface area (Å²) >= 11 is 0. The van der Waals surface area contributed by atoms with Gasteiger partial charge in [0.2, 0.25) is 0 Å². The Morgan fingerprint density at radius 1 is 1.31 bits per heavy atom. The molecule has 2 aromatic rings. The van der Waals surface area contributed by atoms with Crippen LogP contribution in [-0.2, 0) is 6.42 Å². The Labute approximate surface area is 93.3 Å². The quantitative estimate of drug-likeness (QED) is 0.837. The molecule has 0 atom stereocenters. The monoisotopic (exact) mass is 220 g/mol. The molecule has 1 heterocycles. The first-order chi connectivity index (χ1) is 7.61. The Bertz CT molecular complexity index is 515. The van der Waals surface area contributed by atoms with Gasteiger partial charge in [-0.1, -0.05) is 6.92 Å². The normalized spacial score (nSPS) is 10.7. The molecule has 0 bridgehead atoms. The molecule has 3 heteroatoms. The zero-order chi connectivity index (χ0) is 11.7. The summed E-state index contributed by atoms with van der Waals surface area (Å²) in [5, 5.41) is 9.78. The third-order valence-corrected chi connectivity index (χ3v) is 2.55. The van der Waals surface area contributed by atoms with E-state index in [2.05, 4.69) is 0 Å². The standard InChI is InChI=1S/C13H13FO2/c1-3-9-6-12(15)10(7-11(9)14)13-5-4-8(2)16-13/h4-7,15H,3H2,1-2H3. The third kappa shape index (κ3) is 1.81. The van der Waals surface area contributed by atoms with E-state index in [1.165, 1.54) is 12.1 Å². The molecule has 0 saturated heterocycles. The van der Waals surface area contributed by atoms with E-state index in [-0.39, 0.29) is 11.6 Å². The van der Waals surface area contributed by atoms with Gasteiger partial charge in [0.15, 0.2) is 0 Å². The van der Waals surface area contributed by atoms with Crippen molar-refractivity contribution < 1.29 is 13.9 Å². The van der Waals surface area contributed by atoms with Gasteiger partial charge in [-0.05, 0) is 43.2 Å². The minimum Gasteiger partial charge on any atom is -0.507 e. The summed E-state index contributed by atoms with van der Waals surface area (Å²) in [6, 6.07) is 6.25. The van der Waals surface area contributed by atoms with Crippen molar-refractivity contribution in [3.63, 3.8) is 0 Å². The van der Waals surface area contributed by atoms with Crippen molar-refractivity contribution in [1.29, 1.82) is 0 Å². The number of hydrogen-bond acceptors (Lipinski definition) is 2. The van der Waals surface area contributed by atoms with Crippen LogP contribution in [0.1, 0.15) is 18.2 Å². The molecule has 0 saturated carbocycles. The summed E-state index contributed by atoms with van der Waals surface area (Å²) in [4.78, 5) is 0. The van der Waals surface area contributed by atoms with E-state index in [4.69, 9.17) is 4.42 Å². The molecule has 0 aliphatic heterocycles. The Balaban J connectivity index is 2.54. The molecular formula is C13H13FO2. The van der Waals surface area contributed by atoms with Crippen LogP contribution in [0.25, 0.3) is 11.3 Å². The van der Waals surface area contributed by atoms with Gasteiger partial charge in [-0.2, -0.15) is 0 Å². The highest BCUT2D eigenvalue weighted by atomic mass is 19.1. The van der Waals surface area contributed by atoms with Crippen LogP contribution in [0.2, 0.25) is 0 Å². The number of phenols is 1. The summed E-state index contributed by atoms with van der Waals surface area (Å²) in [5.74, 6) is 0.947. The molecule has 1 N–H and O–H groups in total. The van der Waals surface area contributed by atoms with Gasteiger partial charge in [0, 0.05) is 0 Å². The van der Waals surface area contributed by atoms with Crippen molar-refractivity contribution in [2.24, 2.45) is 0 Å². The van der Waals surface area contributed by atoms with Crippen molar-refractivity contribution >= 4 is 0 Å². The minimum atomic E-state index is -0.315. The fourth-order valence-electron chi connectivity index (χ4n) is 1.65. The van der Waals surface area contributed by atoms with Crippen LogP contribution in [0, 0.1) is 12.7 Å². The summed E-state index contributed by atoms with van der Waals surface area (Å²) < 4.78 is 18.9. The predicted octanol–water partition coefficient (Wildman–Crippen LogP) is 3.66. The zero-order valence-corrected chi connectivity index (χ0v) is 9.25. The van der Waals surface area contributed by atoms with E-state index in [0.717, 1.165) is 5.76 Å². The summed E-state index contributed by atoms with van der Waals surface area (Å²) in [7, 11) is 0. The van der Waals surface area contributed by atoms with E-state index in [9.17, 15) is 9.50 Å². The van der Waals surface area contributed by atoms with Crippen molar-refractivity contribution in [3.05, 3.63) is 41.4 Å². The Morgan fingerprint density at radius 3 is 2.62 bits per heavy atom. The van der Waals surface area contributed by atoms with E-state index in [0.29, 0.717) is 23.3 Å². The fourth-order valence-corrected chi connectivity index (χ4v) is 1.65. The lowest BCUT2D eigenvalue weighted by molar-refractivity contribution is 0.468. The summed E-state index contributed by atoms with van der Waals surface area (Å²) in [6.07, 6.45) is 0.552. The van der Waals surface area contributed by atoms with Crippen LogP contribution >= 0.6 is 0 Å². The lowest BCUT2D eigenvalue weighted by atomic mass is 10.1. The van der Waals surface area contributed by atoms with Gasteiger partial charge in [0.25, 0.3) is 0 Å². The van der Waals surface area contributed by atoms with Crippen LogP contribution in [0.4, 0.5) is 4.39 Å². The van der Waals surface area contributed by atoms with Gasteiger partial charge in [0.1, 0.15) is 23.1 Å². The lowest BCUT2D eigenvalue weighted by Crippen LogP contribution is -1.89. The van der Waals surface area contributed by atoms with Crippen LogP contribution in [-0.4, -0.2) is 5.11 Å². The lowest BCUT2D eigenvalue weighted by Gasteiger charge is -2.05. The van der Waals surface area contributed by atoms with Gasteiger partial charge in [0.05, 0.1) is 5.56 Å². The van der Waals surface area contributed by atoms with Crippen molar-refractivity contribution in [2.45, 2.75) is 20.3 Å². The second-order valence-corrected chi connectivity index (χ2v) is 3.72. The number of aromatic hydroxyl groups is 1. The third-order valence-electron chi connectivity index (χ3n) is 2.55. The molecule has 0 fully saturated rings. The van der Waals surface area contributed by atoms with Crippen LogP contribution in [0.3, 0.4) is 0 Å². The molecule has 2 nitrogen and oxygen atoms in total. The fraction of sp³-hybridized carbons (Fsp3) is 0.231. The van der Waals surface area contributed by atoms with Crippen LogP contribution in [0.15, 0.2) is 28.7 Å². The Morgan fingerprint density at radius 2 is 2.06 bits per heavy atom. The minimum absolute atomic E-state index is 0.0487. The second kappa shape index (κ2) is 4.00. The summed E-state index contributed by atoms with van der Waals surface area (Å²) in [6.45, 7) is 3.64. The maximum Gasteiger partial charge on any atom is 0.138 e. The van der Waals surface area contributed by atoms with Crippen LogP contribution in [0.5, 0.6) is 5.75 Å². The molecule has 0 spiro atoms. The number of halogens is 1. The molecule has 16 heavy (non-hydrogen) atoms. The zero-order valence-electron chi connectivity index (χ0n) is 9.25. The maximum absolute atomic E-state index is 13.6. The van der Waals surface area contributed by atoms with Gasteiger partial charge in [-0.3, -0.25) is 0 Å². The average molecular weight is 220 g/mol. The van der Waals surface area contributed by atoms with Gasteiger partial charge >= 0.3 is 0 Å². The number of benzene rings is 1. The van der Waals surface area contributed by atoms with Crippen molar-refractivity contribution in [2.75, 3.05) is 0 Å². The first kappa shape index (κ1) is 10.7. The molecule has 2 rings (SSSR count). The molecule has 1 aromatic carbocycles. The largest absolute Gasteiger partial charge is 0.507 e. The molecule has 0 aliphatic rings. The number of rotatable bonds is 2. The average Bonchev–Trinajstić information content (AvgIpc) is 2.67. The predicted molar refractivity (Wildman–Crippen MR) is 59.9 cm³/mol. The molecule has 0 amide bonds. The van der Waals surface area contributed by atoms with Crippen molar-refractivity contribution in [3.8, 4) is 17.1 Å². The molecule has 0 aliphatic carbocycles. The molecule has 0 unspecified atom stereocenters. The highest BCUT2D eigenvalue weighted by Gasteiger charge is 2.12. The Hall–Kier alpha value is -1.77. The number of hydrogen-bond donors (Lipinski definition) is 1. The second-order valence-electron chi connectivity index (χ2n) is 3.72. The number of aryl methyl sites for hydroxylation is 2. The highest BCUT2D eigenvalue weighted by Crippen LogP contribution is 2.32. The Kier molecular flexibility index (Phi) is 2.69. The maximum atomic E-state index is 13.6. The molecule has 0 radical (unpaired) electrons. The van der Waals surface area contributed by atoms with Crippen molar-refractivity contribution in [1.82, 2.24) is 0 Å². The van der Waals surface area contributed by atoms with E-state index in [1.807, 2.05) is 6.92 Å². The molecule has 84 valence electrons. The highest BCUT2D eigenvalue weighted by molar-refractivity contribution is 5.66. The van der Waals surface area contributed by atoms with Gasteiger partial charge in [-0.25, -0.2) is 4.39 Å². The summed E-state index contributed by atoms with van der Waals surface area (Å²) in [5.41, 5.74) is 0.896. The SMILES string of the molecule is CCc1cc(O)c(-c2ccc(C)o2)cc1F. The first-order valence-corrected chi connectivity index (χ1v) is 5.20. The van der Waals surface area contributed by atoms with Crippen LogP contribution < -0.4 is 0 Å². The molecular weight excluding hydrogens is 207 g/mol. The number of furan rings is 1. The van der Waals surface area contributed by atoms with Gasteiger partial charge < -0.3 is 9.52 Å². The smallest absolute Gasteiger partial charge is 0.138 e. The van der Waals surface area contributed by atoms with E-state index >= 15 is 0 Å². The van der Waals surface area contributed by atoms with Gasteiger partial charge in [-0.15, -0.1) is 0 Å². The number of phenolic OH excluding ortho intramolecular Hbond substituents is 1. The first-order valence-electron chi connectivity index (χ1n) is 5.20. The van der Waals surface area contributed by atoms with E-state index < -0.39 is 0 Å².